The number of hydrogen-bond acceptors (Lipinski definition) is 4. The van der Waals surface area contributed by atoms with Crippen LogP contribution in [0.1, 0.15) is 18.5 Å². The van der Waals surface area contributed by atoms with Gasteiger partial charge in [-0.3, -0.25) is 0 Å². The van der Waals surface area contributed by atoms with E-state index in [0.717, 1.165) is 23.5 Å². The molecule has 84 valence electrons. The highest BCUT2D eigenvalue weighted by atomic mass is 32.1. The average Bonchev–Trinajstić information content (AvgIpc) is 2.99. The number of aromatic nitrogens is 1. The van der Waals surface area contributed by atoms with Crippen LogP contribution in [0.25, 0.3) is 10.6 Å². The third-order valence-corrected chi connectivity index (χ3v) is 3.88. The van der Waals surface area contributed by atoms with Crippen molar-refractivity contribution in [2.75, 3.05) is 6.54 Å². The van der Waals surface area contributed by atoms with Crippen LogP contribution in [0.5, 0.6) is 0 Å². The van der Waals surface area contributed by atoms with Crippen molar-refractivity contribution in [3.8, 4) is 10.6 Å². The second-order valence-corrected chi connectivity index (χ2v) is 5.01. The molecule has 2 aromatic heterocycles. The Balaban J connectivity index is 1.72. The highest BCUT2D eigenvalue weighted by molar-refractivity contribution is 7.13. The van der Waals surface area contributed by atoms with E-state index in [9.17, 15) is 0 Å². The summed E-state index contributed by atoms with van der Waals surface area (Å²) in [7, 11) is 0. The van der Waals surface area contributed by atoms with Crippen molar-refractivity contribution in [2.24, 2.45) is 0 Å². The lowest BCUT2D eigenvalue weighted by Gasteiger charge is -2.06. The molecule has 0 amide bonds. The van der Waals surface area contributed by atoms with Gasteiger partial charge in [0.1, 0.15) is 11.3 Å². The van der Waals surface area contributed by atoms with Crippen LogP contribution >= 0.6 is 11.3 Å². The van der Waals surface area contributed by atoms with Crippen LogP contribution in [0, 0.1) is 0 Å². The summed E-state index contributed by atoms with van der Waals surface area (Å²) in [6, 6.07) is 2.58. The molecule has 16 heavy (non-hydrogen) atoms. The summed E-state index contributed by atoms with van der Waals surface area (Å²) >= 11 is 1.69. The second-order valence-electron chi connectivity index (χ2n) is 4.15. The van der Waals surface area contributed by atoms with E-state index in [4.69, 9.17) is 4.42 Å². The molecule has 1 aliphatic rings. The van der Waals surface area contributed by atoms with E-state index in [1.54, 1.807) is 23.9 Å². The minimum absolute atomic E-state index is 0.624. The van der Waals surface area contributed by atoms with Gasteiger partial charge >= 0.3 is 0 Å². The van der Waals surface area contributed by atoms with Gasteiger partial charge in [0.15, 0.2) is 0 Å². The predicted molar refractivity (Wildman–Crippen MR) is 64.5 cm³/mol. The van der Waals surface area contributed by atoms with E-state index in [0.29, 0.717) is 6.04 Å². The van der Waals surface area contributed by atoms with Crippen molar-refractivity contribution < 1.29 is 4.42 Å². The maximum absolute atomic E-state index is 5.07. The van der Waals surface area contributed by atoms with Gasteiger partial charge < -0.3 is 9.73 Å². The van der Waals surface area contributed by atoms with E-state index < -0.39 is 0 Å². The molecule has 0 saturated carbocycles. The summed E-state index contributed by atoms with van der Waals surface area (Å²) in [5, 5.41) is 6.71. The topological polar surface area (TPSA) is 38.1 Å². The van der Waals surface area contributed by atoms with Crippen LogP contribution in [0.15, 0.2) is 28.4 Å². The van der Waals surface area contributed by atoms with E-state index in [2.05, 4.69) is 15.7 Å². The number of thiazole rings is 1. The number of nitrogens with one attached hydrogen (secondary N) is 1. The normalized spacial score (nSPS) is 20.4. The van der Waals surface area contributed by atoms with Crippen LogP contribution in [-0.4, -0.2) is 17.6 Å². The highest BCUT2D eigenvalue weighted by Gasteiger charge is 2.16. The van der Waals surface area contributed by atoms with Crippen molar-refractivity contribution in [3.05, 3.63) is 29.7 Å². The second kappa shape index (κ2) is 4.39. The lowest BCUT2D eigenvalue weighted by molar-refractivity contribution is 0.568. The maximum Gasteiger partial charge on any atom is 0.126 e. The Bertz CT molecular complexity index is 443. The molecule has 1 aliphatic heterocycles. The minimum atomic E-state index is 0.624. The fourth-order valence-corrected chi connectivity index (χ4v) is 2.92. The lowest BCUT2D eigenvalue weighted by atomic mass is 10.1. The molecule has 0 radical (unpaired) electrons. The Hall–Kier alpha value is -1.13. The third kappa shape index (κ3) is 2.03. The van der Waals surface area contributed by atoms with Gasteiger partial charge in [-0.25, -0.2) is 4.98 Å². The van der Waals surface area contributed by atoms with Gasteiger partial charge in [-0.15, -0.1) is 11.3 Å². The summed E-state index contributed by atoms with van der Waals surface area (Å²) in [6.07, 6.45) is 7.06. The Labute approximate surface area is 98.5 Å². The highest BCUT2D eigenvalue weighted by Crippen LogP contribution is 2.25. The van der Waals surface area contributed by atoms with Crippen molar-refractivity contribution in [3.63, 3.8) is 0 Å². The molecule has 0 bridgehead atoms. The van der Waals surface area contributed by atoms with E-state index in [1.165, 1.54) is 18.5 Å². The van der Waals surface area contributed by atoms with Crippen molar-refractivity contribution in [1.29, 1.82) is 0 Å². The number of hydrogen-bond donors (Lipinski definition) is 1. The first-order chi connectivity index (χ1) is 7.92. The standard InChI is InChI=1S/C12H14N2OS/c1-2-10(13-4-1)6-11-8-16-12(14-11)9-3-5-15-7-9/h3,5,7-8,10,13H,1-2,4,6H2. The van der Waals surface area contributed by atoms with Crippen molar-refractivity contribution in [1.82, 2.24) is 10.3 Å². The Morgan fingerprint density at radius 3 is 3.31 bits per heavy atom. The zero-order valence-corrected chi connectivity index (χ0v) is 9.80. The fraction of sp³-hybridized carbons (Fsp3) is 0.417. The van der Waals surface area contributed by atoms with Crippen LogP contribution in [0.3, 0.4) is 0 Å². The first-order valence-electron chi connectivity index (χ1n) is 5.62. The SMILES string of the molecule is c1cc(-c2nc(CC3CCCN3)cs2)co1. The Kier molecular flexibility index (Phi) is 2.76. The van der Waals surface area contributed by atoms with Gasteiger partial charge in [-0.05, 0) is 25.5 Å². The quantitative estimate of drug-likeness (QED) is 0.887. The molecular weight excluding hydrogens is 220 g/mol. The number of nitrogens with zero attached hydrogens (tertiary/aromatic N) is 1. The molecule has 0 spiro atoms. The average molecular weight is 234 g/mol. The number of furan rings is 1. The first-order valence-corrected chi connectivity index (χ1v) is 6.50. The zero-order chi connectivity index (χ0) is 10.8. The molecule has 3 rings (SSSR count). The minimum Gasteiger partial charge on any atom is -0.472 e. The molecule has 1 fully saturated rings. The summed E-state index contributed by atoms with van der Waals surface area (Å²) in [4.78, 5) is 4.63. The monoisotopic (exact) mass is 234 g/mol. The summed E-state index contributed by atoms with van der Waals surface area (Å²) in [5.41, 5.74) is 2.27. The van der Waals surface area contributed by atoms with Gasteiger partial charge in [0, 0.05) is 23.4 Å². The van der Waals surface area contributed by atoms with Gasteiger partial charge in [0.2, 0.25) is 0 Å². The fourth-order valence-electron chi connectivity index (χ4n) is 2.10. The van der Waals surface area contributed by atoms with Crippen LogP contribution < -0.4 is 5.32 Å². The van der Waals surface area contributed by atoms with E-state index >= 15 is 0 Å². The van der Waals surface area contributed by atoms with Crippen LogP contribution in [0.2, 0.25) is 0 Å². The van der Waals surface area contributed by atoms with Crippen molar-refractivity contribution >= 4 is 11.3 Å². The largest absolute Gasteiger partial charge is 0.472 e. The smallest absolute Gasteiger partial charge is 0.126 e. The molecule has 1 saturated heterocycles. The van der Waals surface area contributed by atoms with Crippen LogP contribution in [-0.2, 0) is 6.42 Å². The first kappa shape index (κ1) is 10.1. The molecule has 4 heteroatoms. The molecule has 0 aromatic carbocycles. The molecule has 1 unspecified atom stereocenters. The molecule has 1 N–H and O–H groups in total. The summed E-state index contributed by atoms with van der Waals surface area (Å²) in [5.74, 6) is 0. The molecule has 2 aromatic rings. The van der Waals surface area contributed by atoms with E-state index in [-0.39, 0.29) is 0 Å². The number of rotatable bonds is 3. The molecule has 0 aliphatic carbocycles. The summed E-state index contributed by atoms with van der Waals surface area (Å²) < 4.78 is 5.07. The van der Waals surface area contributed by atoms with Crippen molar-refractivity contribution in [2.45, 2.75) is 25.3 Å². The zero-order valence-electron chi connectivity index (χ0n) is 8.98. The lowest BCUT2D eigenvalue weighted by Crippen LogP contribution is -2.23. The summed E-state index contributed by atoms with van der Waals surface area (Å²) in [6.45, 7) is 1.16. The van der Waals surface area contributed by atoms with Gasteiger partial charge in [0.25, 0.3) is 0 Å². The molecule has 1 atom stereocenters. The predicted octanol–water partition coefficient (Wildman–Crippen LogP) is 2.70. The van der Waals surface area contributed by atoms with Crippen LogP contribution in [0.4, 0.5) is 0 Å². The van der Waals surface area contributed by atoms with Gasteiger partial charge in [0.05, 0.1) is 12.0 Å². The van der Waals surface area contributed by atoms with E-state index in [1.807, 2.05) is 6.07 Å². The van der Waals surface area contributed by atoms with Gasteiger partial charge in [-0.1, -0.05) is 0 Å². The van der Waals surface area contributed by atoms with Gasteiger partial charge in [-0.2, -0.15) is 0 Å². The molecular formula is C12H14N2OS. The third-order valence-electron chi connectivity index (χ3n) is 2.94. The Morgan fingerprint density at radius 1 is 1.56 bits per heavy atom. The molecule has 3 nitrogen and oxygen atoms in total. The molecule has 3 heterocycles. The Morgan fingerprint density at radius 2 is 2.56 bits per heavy atom. The maximum atomic E-state index is 5.07.